The lowest BCUT2D eigenvalue weighted by Gasteiger charge is -2.35. The number of amides is 2. The maximum atomic E-state index is 11.9. The van der Waals surface area contributed by atoms with Crippen molar-refractivity contribution in [2.24, 2.45) is 0 Å². The Morgan fingerprint density at radius 2 is 2.05 bits per heavy atom. The highest BCUT2D eigenvalue weighted by atomic mass is 16.2. The molecule has 2 rings (SSSR count). The van der Waals surface area contributed by atoms with E-state index in [-0.39, 0.29) is 18.4 Å². The largest absolute Gasteiger partial charge is 0.353 e. The minimum atomic E-state index is -0.328. The fourth-order valence-electron chi connectivity index (χ4n) is 2.07. The topological polar surface area (TPSA) is 65.5 Å². The average Bonchev–Trinajstić information content (AvgIpc) is 2.53. The molecule has 106 valence electrons. The third kappa shape index (κ3) is 3.57. The van der Waals surface area contributed by atoms with E-state index in [9.17, 15) is 9.59 Å². The zero-order valence-corrected chi connectivity index (χ0v) is 11.3. The number of rotatable bonds is 4. The minimum Gasteiger partial charge on any atom is -0.353 e. The van der Waals surface area contributed by atoms with Crippen molar-refractivity contribution in [3.63, 3.8) is 0 Å². The molecule has 0 saturated carbocycles. The summed E-state index contributed by atoms with van der Waals surface area (Å²) >= 11 is 0. The molecular weight excluding hydrogens is 256 g/mol. The number of carbonyl (C=O) groups is 2. The number of pyridine rings is 1. The number of aromatic nitrogens is 1. The number of piperazine rings is 1. The van der Waals surface area contributed by atoms with Gasteiger partial charge in [0, 0.05) is 32.4 Å². The maximum Gasteiger partial charge on any atom is 0.243 e. The van der Waals surface area contributed by atoms with E-state index in [1.54, 1.807) is 11.1 Å². The van der Waals surface area contributed by atoms with E-state index in [1.807, 2.05) is 18.2 Å². The number of hydrogen-bond acceptors (Lipinski definition) is 4. The molecule has 0 spiro atoms. The summed E-state index contributed by atoms with van der Waals surface area (Å²) in [6, 6.07) is 5.79. The van der Waals surface area contributed by atoms with Gasteiger partial charge in [-0.15, -0.1) is 0 Å². The molecule has 6 heteroatoms. The molecule has 20 heavy (non-hydrogen) atoms. The Morgan fingerprint density at radius 3 is 2.65 bits per heavy atom. The summed E-state index contributed by atoms with van der Waals surface area (Å²) in [7, 11) is 0. The van der Waals surface area contributed by atoms with Crippen molar-refractivity contribution < 1.29 is 9.59 Å². The van der Waals surface area contributed by atoms with Gasteiger partial charge < -0.3 is 15.1 Å². The van der Waals surface area contributed by atoms with Crippen LogP contribution in [0.4, 0.5) is 5.82 Å². The molecule has 2 heterocycles. The smallest absolute Gasteiger partial charge is 0.243 e. The first kappa shape index (κ1) is 14.0. The first-order chi connectivity index (χ1) is 9.70. The van der Waals surface area contributed by atoms with E-state index in [4.69, 9.17) is 0 Å². The molecule has 1 aromatic heterocycles. The summed E-state index contributed by atoms with van der Waals surface area (Å²) in [6.07, 6.45) is 2.92. The molecule has 0 unspecified atom stereocenters. The molecule has 1 aliphatic heterocycles. The normalized spacial score (nSPS) is 14.8. The first-order valence-corrected chi connectivity index (χ1v) is 6.54. The summed E-state index contributed by atoms with van der Waals surface area (Å²) in [5.41, 5.74) is 0. The van der Waals surface area contributed by atoms with Gasteiger partial charge in [-0.3, -0.25) is 9.59 Å². The predicted molar refractivity (Wildman–Crippen MR) is 76.2 cm³/mol. The van der Waals surface area contributed by atoms with Crippen LogP contribution in [0.25, 0.3) is 0 Å². The SMILES string of the molecule is C=CC(=O)NCC(=O)N1CCN(c2ccccn2)CC1. The van der Waals surface area contributed by atoms with Gasteiger partial charge in [0.05, 0.1) is 6.54 Å². The molecule has 1 N–H and O–H groups in total. The van der Waals surface area contributed by atoms with Gasteiger partial charge >= 0.3 is 0 Å². The second kappa shape index (κ2) is 6.70. The molecule has 2 amide bonds. The molecule has 6 nitrogen and oxygen atoms in total. The zero-order chi connectivity index (χ0) is 14.4. The number of nitrogens with zero attached hydrogens (tertiary/aromatic N) is 3. The van der Waals surface area contributed by atoms with Crippen molar-refractivity contribution in [3.8, 4) is 0 Å². The molecule has 0 aromatic carbocycles. The molecule has 0 aliphatic carbocycles. The van der Waals surface area contributed by atoms with E-state index < -0.39 is 0 Å². The molecule has 0 atom stereocenters. The van der Waals surface area contributed by atoms with Crippen LogP contribution in [0.2, 0.25) is 0 Å². The highest BCUT2D eigenvalue weighted by molar-refractivity contribution is 5.90. The van der Waals surface area contributed by atoms with Crippen LogP contribution in [-0.2, 0) is 9.59 Å². The van der Waals surface area contributed by atoms with Crippen LogP contribution in [-0.4, -0.2) is 54.4 Å². The van der Waals surface area contributed by atoms with E-state index in [1.165, 1.54) is 0 Å². The van der Waals surface area contributed by atoms with Crippen molar-refractivity contribution in [2.45, 2.75) is 0 Å². The van der Waals surface area contributed by atoms with Gasteiger partial charge in [0.2, 0.25) is 11.8 Å². The fourth-order valence-corrected chi connectivity index (χ4v) is 2.07. The third-order valence-corrected chi connectivity index (χ3v) is 3.20. The summed E-state index contributed by atoms with van der Waals surface area (Å²) < 4.78 is 0. The summed E-state index contributed by atoms with van der Waals surface area (Å²) in [6.45, 7) is 6.14. The zero-order valence-electron chi connectivity index (χ0n) is 11.3. The second-order valence-corrected chi connectivity index (χ2v) is 4.48. The van der Waals surface area contributed by atoms with Gasteiger partial charge in [-0.25, -0.2) is 4.98 Å². The summed E-state index contributed by atoms with van der Waals surface area (Å²) in [5.74, 6) is 0.533. The van der Waals surface area contributed by atoms with E-state index >= 15 is 0 Å². The molecule has 0 bridgehead atoms. The first-order valence-electron chi connectivity index (χ1n) is 6.54. The average molecular weight is 274 g/mol. The molecule has 1 saturated heterocycles. The predicted octanol–water partition coefficient (Wildman–Crippen LogP) is 0.0324. The van der Waals surface area contributed by atoms with Gasteiger partial charge in [-0.1, -0.05) is 12.6 Å². The Bertz CT molecular complexity index is 481. The molecule has 0 radical (unpaired) electrons. The standard InChI is InChI=1S/C14H18N4O2/c1-2-13(19)16-11-14(20)18-9-7-17(8-10-18)12-5-3-4-6-15-12/h2-6H,1,7-11H2,(H,16,19). The second-order valence-electron chi connectivity index (χ2n) is 4.48. The highest BCUT2D eigenvalue weighted by Crippen LogP contribution is 2.12. The Balaban J connectivity index is 1.80. The van der Waals surface area contributed by atoms with E-state index in [0.29, 0.717) is 13.1 Å². The van der Waals surface area contributed by atoms with Crippen LogP contribution in [0.15, 0.2) is 37.1 Å². The lowest BCUT2D eigenvalue weighted by molar-refractivity contribution is -0.132. The van der Waals surface area contributed by atoms with Crippen LogP contribution in [0.3, 0.4) is 0 Å². The molecule has 1 aliphatic rings. The number of anilines is 1. The Labute approximate surface area is 118 Å². The Hall–Kier alpha value is -2.37. The van der Waals surface area contributed by atoms with Gasteiger partial charge in [-0.2, -0.15) is 0 Å². The van der Waals surface area contributed by atoms with Crippen molar-refractivity contribution in [1.82, 2.24) is 15.2 Å². The van der Waals surface area contributed by atoms with Crippen LogP contribution in [0.1, 0.15) is 0 Å². The van der Waals surface area contributed by atoms with Crippen LogP contribution >= 0.6 is 0 Å². The summed E-state index contributed by atoms with van der Waals surface area (Å²) in [4.78, 5) is 31.1. The molecule has 1 aromatic rings. The Morgan fingerprint density at radius 1 is 1.30 bits per heavy atom. The van der Waals surface area contributed by atoms with Gasteiger partial charge in [0.15, 0.2) is 0 Å². The van der Waals surface area contributed by atoms with Crippen molar-refractivity contribution in [2.75, 3.05) is 37.6 Å². The molecular formula is C14H18N4O2. The maximum absolute atomic E-state index is 11.9. The van der Waals surface area contributed by atoms with E-state index in [2.05, 4.69) is 21.8 Å². The van der Waals surface area contributed by atoms with Crippen molar-refractivity contribution in [1.29, 1.82) is 0 Å². The van der Waals surface area contributed by atoms with Crippen molar-refractivity contribution >= 4 is 17.6 Å². The fraction of sp³-hybridized carbons (Fsp3) is 0.357. The number of carbonyl (C=O) groups excluding carboxylic acids is 2. The lowest BCUT2D eigenvalue weighted by atomic mass is 10.3. The number of nitrogens with one attached hydrogen (secondary N) is 1. The van der Waals surface area contributed by atoms with Crippen molar-refractivity contribution in [3.05, 3.63) is 37.1 Å². The van der Waals surface area contributed by atoms with Gasteiger partial charge in [0.1, 0.15) is 5.82 Å². The summed E-state index contributed by atoms with van der Waals surface area (Å²) in [5, 5.41) is 2.50. The third-order valence-electron chi connectivity index (χ3n) is 3.20. The minimum absolute atomic E-state index is 0.0223. The number of hydrogen-bond donors (Lipinski definition) is 1. The van der Waals surface area contributed by atoms with E-state index in [0.717, 1.165) is 25.0 Å². The van der Waals surface area contributed by atoms with Crippen LogP contribution < -0.4 is 10.2 Å². The van der Waals surface area contributed by atoms with Gasteiger partial charge in [0.25, 0.3) is 0 Å². The monoisotopic (exact) mass is 274 g/mol. The highest BCUT2D eigenvalue weighted by Gasteiger charge is 2.21. The van der Waals surface area contributed by atoms with Gasteiger partial charge in [-0.05, 0) is 18.2 Å². The lowest BCUT2D eigenvalue weighted by Crippen LogP contribution is -2.51. The molecule has 1 fully saturated rings. The quantitative estimate of drug-likeness (QED) is 0.787. The Kier molecular flexibility index (Phi) is 4.70. The van der Waals surface area contributed by atoms with Crippen LogP contribution in [0.5, 0.6) is 0 Å². The van der Waals surface area contributed by atoms with Crippen LogP contribution in [0, 0.1) is 0 Å².